The van der Waals surface area contributed by atoms with Crippen molar-refractivity contribution in [1.82, 2.24) is 10.2 Å². The molecule has 1 aliphatic heterocycles. The minimum Gasteiger partial charge on any atom is -0.491 e. The smallest absolute Gasteiger partial charge is 0.319 e. The van der Waals surface area contributed by atoms with Crippen molar-refractivity contribution in [3.8, 4) is 5.75 Å². The third-order valence-corrected chi connectivity index (χ3v) is 6.89. The highest BCUT2D eigenvalue weighted by molar-refractivity contribution is 5.94. The molecule has 0 aliphatic carbocycles. The van der Waals surface area contributed by atoms with Gasteiger partial charge in [-0.25, -0.2) is 4.79 Å². The lowest BCUT2D eigenvalue weighted by Crippen LogP contribution is -2.58. The largest absolute Gasteiger partial charge is 0.491 e. The van der Waals surface area contributed by atoms with Gasteiger partial charge in [-0.3, -0.25) is 9.59 Å². The van der Waals surface area contributed by atoms with Crippen molar-refractivity contribution in [3.05, 3.63) is 95.6 Å². The maximum absolute atomic E-state index is 14.1. The molecule has 216 valence electrons. The molecular formula is C32H37N3O6. The van der Waals surface area contributed by atoms with Crippen LogP contribution < -0.4 is 15.4 Å². The van der Waals surface area contributed by atoms with Crippen LogP contribution >= 0.6 is 0 Å². The Bertz CT molecular complexity index is 1350. The van der Waals surface area contributed by atoms with E-state index in [4.69, 9.17) is 9.47 Å². The Morgan fingerprint density at radius 3 is 2.37 bits per heavy atom. The number of carbonyl (C=O) groups excluding carboxylic acids is 2. The zero-order valence-electron chi connectivity index (χ0n) is 23.6. The van der Waals surface area contributed by atoms with Gasteiger partial charge in [0.1, 0.15) is 11.8 Å². The predicted octanol–water partition coefficient (Wildman–Crippen LogP) is 5.00. The fraction of sp³-hybridized carbons (Fsp3) is 0.344. The normalized spacial score (nSPS) is 15.9. The van der Waals surface area contributed by atoms with E-state index in [2.05, 4.69) is 10.6 Å². The highest BCUT2D eigenvalue weighted by Crippen LogP contribution is 2.27. The highest BCUT2D eigenvalue weighted by atomic mass is 16.5. The molecule has 0 unspecified atom stereocenters. The molecule has 3 atom stereocenters. The van der Waals surface area contributed by atoms with Crippen molar-refractivity contribution < 1.29 is 29.0 Å². The van der Waals surface area contributed by atoms with E-state index < -0.39 is 36.1 Å². The lowest BCUT2D eigenvalue weighted by Gasteiger charge is -2.39. The van der Waals surface area contributed by atoms with Crippen LogP contribution in [0, 0.1) is 0 Å². The maximum atomic E-state index is 14.1. The Balaban J connectivity index is 1.56. The number of hydrogen-bond acceptors (Lipinski definition) is 5. The number of fused-ring (bicyclic) bond motifs is 1. The van der Waals surface area contributed by atoms with E-state index >= 15 is 0 Å². The summed E-state index contributed by atoms with van der Waals surface area (Å²) in [5, 5.41) is 15.2. The van der Waals surface area contributed by atoms with Crippen LogP contribution in [0.4, 0.5) is 10.5 Å². The summed E-state index contributed by atoms with van der Waals surface area (Å²) < 4.78 is 11.8. The Morgan fingerprint density at radius 2 is 1.66 bits per heavy atom. The van der Waals surface area contributed by atoms with Crippen LogP contribution in [0.3, 0.4) is 0 Å². The minimum atomic E-state index is -1.07. The molecule has 9 nitrogen and oxygen atoms in total. The summed E-state index contributed by atoms with van der Waals surface area (Å²) in [4.78, 5) is 40.6. The van der Waals surface area contributed by atoms with E-state index in [0.29, 0.717) is 17.9 Å². The molecule has 0 bridgehead atoms. The maximum Gasteiger partial charge on any atom is 0.319 e. The number of carbonyl (C=O) groups is 3. The van der Waals surface area contributed by atoms with E-state index in [0.717, 1.165) is 16.7 Å². The van der Waals surface area contributed by atoms with Crippen molar-refractivity contribution >= 4 is 23.6 Å². The van der Waals surface area contributed by atoms with Gasteiger partial charge < -0.3 is 30.1 Å². The molecule has 3 aromatic carbocycles. The van der Waals surface area contributed by atoms with Crippen molar-refractivity contribution in [3.63, 3.8) is 0 Å². The van der Waals surface area contributed by atoms with Crippen molar-refractivity contribution in [1.29, 1.82) is 0 Å². The standard InChI is InChI=1S/C32H37N3O6/c1-21(2)41-28-15-9-14-26(17-28)33-32(39)34-30(22(3)40-20-23-10-5-4-6-11-23)31(38)35-19-25-13-8-7-12-24(25)16-27(35)18-29(36)37/h4-15,17,21-22,27,30H,16,18-20H2,1-3H3,(H,36,37)(H2,33,34,39)/t22-,27-,30+/m1/s1. The number of nitrogens with one attached hydrogen (secondary N) is 2. The van der Waals surface area contributed by atoms with Gasteiger partial charge >= 0.3 is 12.0 Å². The number of carboxylic acids is 1. The number of rotatable bonds is 11. The number of anilines is 1. The van der Waals surface area contributed by atoms with E-state index in [1.165, 1.54) is 0 Å². The van der Waals surface area contributed by atoms with Gasteiger partial charge in [-0.2, -0.15) is 0 Å². The van der Waals surface area contributed by atoms with Crippen LogP contribution in [0.5, 0.6) is 5.75 Å². The second kappa shape index (κ2) is 13.8. The van der Waals surface area contributed by atoms with Crippen molar-refractivity contribution in [2.75, 3.05) is 5.32 Å². The lowest BCUT2D eigenvalue weighted by molar-refractivity contribution is -0.144. The number of benzene rings is 3. The molecule has 3 aromatic rings. The first-order valence-electron chi connectivity index (χ1n) is 13.8. The van der Waals surface area contributed by atoms with E-state index in [-0.39, 0.29) is 25.7 Å². The summed E-state index contributed by atoms with van der Waals surface area (Å²) in [6, 6.07) is 22.0. The van der Waals surface area contributed by atoms with E-state index in [1.807, 2.05) is 68.4 Å². The van der Waals surface area contributed by atoms with Gasteiger partial charge in [0.25, 0.3) is 0 Å². The van der Waals surface area contributed by atoms with Gasteiger partial charge in [-0.1, -0.05) is 60.7 Å². The number of hydrogen-bond donors (Lipinski definition) is 3. The first-order chi connectivity index (χ1) is 19.7. The van der Waals surface area contributed by atoms with Gasteiger partial charge in [0, 0.05) is 24.3 Å². The van der Waals surface area contributed by atoms with Crippen LogP contribution in [0.25, 0.3) is 0 Å². The molecule has 0 saturated heterocycles. The number of amides is 3. The molecule has 0 saturated carbocycles. The number of ether oxygens (including phenoxy) is 2. The zero-order chi connectivity index (χ0) is 29.4. The average molecular weight is 560 g/mol. The van der Waals surface area contributed by atoms with E-state index in [1.54, 1.807) is 36.1 Å². The Hall–Kier alpha value is -4.37. The van der Waals surface area contributed by atoms with E-state index in [9.17, 15) is 19.5 Å². The van der Waals surface area contributed by atoms with Crippen LogP contribution in [0.1, 0.15) is 43.9 Å². The molecule has 1 aliphatic rings. The monoisotopic (exact) mass is 559 g/mol. The molecule has 1 heterocycles. The topological polar surface area (TPSA) is 117 Å². The summed E-state index contributed by atoms with van der Waals surface area (Å²) in [5.74, 6) is -0.793. The molecule has 3 N–H and O–H groups in total. The SMILES string of the molecule is CC(C)Oc1cccc(NC(=O)N[C@H](C(=O)N2Cc3ccccc3C[C@@H]2CC(=O)O)[C@@H](C)OCc2ccccc2)c1. The fourth-order valence-electron chi connectivity index (χ4n) is 4.91. The molecule has 3 amide bonds. The van der Waals surface area contributed by atoms with Crippen molar-refractivity contribution in [2.24, 2.45) is 0 Å². The molecular weight excluding hydrogens is 522 g/mol. The Labute approximate surface area is 240 Å². The number of carboxylic acid groups (broad SMARTS) is 1. The van der Waals surface area contributed by atoms with Crippen LogP contribution in [-0.2, 0) is 33.9 Å². The molecule has 0 spiro atoms. The Morgan fingerprint density at radius 1 is 0.951 bits per heavy atom. The zero-order valence-corrected chi connectivity index (χ0v) is 23.6. The van der Waals surface area contributed by atoms with Crippen LogP contribution in [0.15, 0.2) is 78.9 Å². The van der Waals surface area contributed by atoms with Crippen LogP contribution in [0.2, 0.25) is 0 Å². The van der Waals surface area contributed by atoms with Crippen molar-refractivity contribution in [2.45, 2.75) is 71.1 Å². The number of urea groups is 1. The quantitative estimate of drug-likeness (QED) is 0.305. The fourth-order valence-corrected chi connectivity index (χ4v) is 4.91. The Kier molecular flexibility index (Phi) is 9.97. The van der Waals surface area contributed by atoms with Gasteiger partial charge in [-0.05, 0) is 56.0 Å². The second-order valence-electron chi connectivity index (χ2n) is 10.5. The second-order valence-corrected chi connectivity index (χ2v) is 10.5. The lowest BCUT2D eigenvalue weighted by atomic mass is 9.91. The summed E-state index contributed by atoms with van der Waals surface area (Å²) in [6.45, 7) is 6.04. The average Bonchev–Trinajstić information content (AvgIpc) is 2.94. The number of aliphatic carboxylic acids is 1. The summed E-state index contributed by atoms with van der Waals surface area (Å²) >= 11 is 0. The van der Waals surface area contributed by atoms with Gasteiger partial charge in [-0.15, -0.1) is 0 Å². The van der Waals surface area contributed by atoms with Gasteiger partial charge in [0.05, 0.1) is 25.2 Å². The molecule has 0 aromatic heterocycles. The van der Waals surface area contributed by atoms with Crippen LogP contribution in [-0.4, -0.2) is 52.2 Å². The third kappa shape index (κ3) is 8.31. The van der Waals surface area contributed by atoms with Gasteiger partial charge in [0.2, 0.25) is 5.91 Å². The third-order valence-electron chi connectivity index (χ3n) is 6.89. The summed E-state index contributed by atoms with van der Waals surface area (Å²) in [7, 11) is 0. The summed E-state index contributed by atoms with van der Waals surface area (Å²) in [6.07, 6.45) is -0.542. The minimum absolute atomic E-state index is 0.0305. The molecule has 41 heavy (non-hydrogen) atoms. The highest BCUT2D eigenvalue weighted by Gasteiger charge is 2.38. The molecule has 4 rings (SSSR count). The predicted molar refractivity (Wildman–Crippen MR) is 156 cm³/mol. The first kappa shape index (κ1) is 29.6. The summed E-state index contributed by atoms with van der Waals surface area (Å²) in [5.41, 5.74) is 3.39. The van der Waals surface area contributed by atoms with Gasteiger partial charge in [0.15, 0.2) is 0 Å². The number of nitrogens with zero attached hydrogens (tertiary/aromatic N) is 1. The first-order valence-corrected chi connectivity index (χ1v) is 13.8. The molecule has 9 heteroatoms. The molecule has 0 fully saturated rings. The molecule has 0 radical (unpaired) electrons.